The van der Waals surface area contributed by atoms with Gasteiger partial charge in [0, 0.05) is 18.6 Å². The van der Waals surface area contributed by atoms with Crippen LogP contribution in [-0.2, 0) is 4.43 Å². The van der Waals surface area contributed by atoms with Gasteiger partial charge in [-0.05, 0) is 57.8 Å². The van der Waals surface area contributed by atoms with E-state index in [0.29, 0.717) is 12.5 Å². The standard InChI is InChI=1S/C17H36N2O3Si/c1-16(2,3)19(15(20)21)12-13-9-14(11-18-10-13)22-23(7,8)17(4,5)6/h13-14,18H,9-12H2,1-8H3,(H,20,21). The van der Waals surface area contributed by atoms with E-state index < -0.39 is 14.4 Å². The quantitative estimate of drug-likeness (QED) is 0.762. The molecule has 0 aromatic carbocycles. The molecule has 1 aliphatic heterocycles. The predicted molar refractivity (Wildman–Crippen MR) is 97.5 cm³/mol. The summed E-state index contributed by atoms with van der Waals surface area (Å²) in [6.07, 6.45) is 0.273. The van der Waals surface area contributed by atoms with Crippen LogP contribution in [0.25, 0.3) is 0 Å². The molecule has 136 valence electrons. The molecule has 1 saturated heterocycles. The molecule has 1 aliphatic rings. The van der Waals surface area contributed by atoms with E-state index in [1.807, 2.05) is 20.8 Å². The highest BCUT2D eigenvalue weighted by molar-refractivity contribution is 6.74. The number of hydrogen-bond acceptors (Lipinski definition) is 3. The molecular weight excluding hydrogens is 308 g/mol. The first kappa shape index (κ1) is 20.5. The number of piperidine rings is 1. The van der Waals surface area contributed by atoms with Gasteiger partial charge in [-0.1, -0.05) is 20.8 Å². The molecule has 5 nitrogen and oxygen atoms in total. The lowest BCUT2D eigenvalue weighted by Crippen LogP contribution is -2.53. The molecule has 0 aromatic heterocycles. The van der Waals surface area contributed by atoms with Gasteiger partial charge in [0.25, 0.3) is 0 Å². The third kappa shape index (κ3) is 5.76. The first-order chi connectivity index (χ1) is 10.2. The molecule has 6 heteroatoms. The second-order valence-corrected chi connectivity index (χ2v) is 14.1. The van der Waals surface area contributed by atoms with E-state index in [1.54, 1.807) is 4.90 Å². The van der Waals surface area contributed by atoms with Crippen molar-refractivity contribution in [3.05, 3.63) is 0 Å². The van der Waals surface area contributed by atoms with E-state index in [2.05, 4.69) is 39.2 Å². The Balaban J connectivity index is 2.70. The third-order valence-corrected chi connectivity index (χ3v) is 9.69. The largest absolute Gasteiger partial charge is 0.465 e. The predicted octanol–water partition coefficient (Wildman–Crippen LogP) is 3.76. The Morgan fingerprint density at radius 1 is 1.22 bits per heavy atom. The lowest BCUT2D eigenvalue weighted by molar-refractivity contribution is 0.0648. The second kappa shape index (κ2) is 7.11. The van der Waals surface area contributed by atoms with Crippen LogP contribution < -0.4 is 5.32 Å². The summed E-state index contributed by atoms with van der Waals surface area (Å²) in [4.78, 5) is 13.1. The fraction of sp³-hybridized carbons (Fsp3) is 0.941. The molecule has 0 bridgehead atoms. The second-order valence-electron chi connectivity index (χ2n) is 9.32. The van der Waals surface area contributed by atoms with Crippen LogP contribution in [0.2, 0.25) is 18.1 Å². The van der Waals surface area contributed by atoms with Crippen LogP contribution >= 0.6 is 0 Å². The highest BCUT2D eigenvalue weighted by Gasteiger charge is 2.40. The molecule has 0 aromatic rings. The van der Waals surface area contributed by atoms with Crippen LogP contribution in [0, 0.1) is 5.92 Å². The zero-order chi connectivity index (χ0) is 18.1. The van der Waals surface area contributed by atoms with Crippen molar-refractivity contribution < 1.29 is 14.3 Å². The van der Waals surface area contributed by atoms with Gasteiger partial charge in [0.2, 0.25) is 0 Å². The summed E-state index contributed by atoms with van der Waals surface area (Å²) < 4.78 is 6.51. The minimum absolute atomic E-state index is 0.185. The van der Waals surface area contributed by atoms with Crippen molar-refractivity contribution in [3.8, 4) is 0 Å². The molecule has 1 heterocycles. The molecule has 2 atom stereocenters. The van der Waals surface area contributed by atoms with Crippen LogP contribution in [-0.4, -0.2) is 55.7 Å². The highest BCUT2D eigenvalue weighted by Crippen LogP contribution is 2.38. The van der Waals surface area contributed by atoms with Crippen LogP contribution in [0.1, 0.15) is 48.0 Å². The van der Waals surface area contributed by atoms with Gasteiger partial charge in [-0.15, -0.1) is 0 Å². The lowest BCUT2D eigenvalue weighted by atomic mass is 9.95. The summed E-state index contributed by atoms with van der Waals surface area (Å²) in [6, 6.07) is 0. The Hall–Kier alpha value is -0.593. The first-order valence-corrected chi connectivity index (χ1v) is 11.5. The molecule has 1 rings (SSSR count). The van der Waals surface area contributed by atoms with Gasteiger partial charge in [-0.3, -0.25) is 0 Å². The number of nitrogens with one attached hydrogen (secondary N) is 1. The summed E-state index contributed by atoms with van der Waals surface area (Å²) in [6.45, 7) is 19.4. The lowest BCUT2D eigenvalue weighted by Gasteiger charge is -2.43. The number of carboxylic acid groups (broad SMARTS) is 1. The summed E-state index contributed by atoms with van der Waals surface area (Å²) >= 11 is 0. The molecule has 1 amide bonds. The van der Waals surface area contributed by atoms with Crippen LogP contribution in [0.4, 0.5) is 4.79 Å². The maximum absolute atomic E-state index is 11.5. The fourth-order valence-electron chi connectivity index (χ4n) is 2.71. The van der Waals surface area contributed by atoms with E-state index in [-0.39, 0.29) is 16.7 Å². The Morgan fingerprint density at radius 3 is 2.22 bits per heavy atom. The van der Waals surface area contributed by atoms with Crippen LogP contribution in [0.3, 0.4) is 0 Å². The smallest absolute Gasteiger partial charge is 0.407 e. The number of amides is 1. The number of hydrogen-bond donors (Lipinski definition) is 2. The molecule has 1 fully saturated rings. The molecule has 0 radical (unpaired) electrons. The van der Waals surface area contributed by atoms with Gasteiger partial charge in [0.15, 0.2) is 8.32 Å². The summed E-state index contributed by atoms with van der Waals surface area (Å²) in [7, 11) is -1.79. The van der Waals surface area contributed by atoms with Crippen LogP contribution in [0.15, 0.2) is 0 Å². The molecule has 2 N–H and O–H groups in total. The number of carbonyl (C=O) groups is 1. The Bertz CT molecular complexity index is 413. The molecule has 23 heavy (non-hydrogen) atoms. The summed E-state index contributed by atoms with van der Waals surface area (Å²) in [5.74, 6) is 0.300. The zero-order valence-electron chi connectivity index (χ0n) is 16.2. The van der Waals surface area contributed by atoms with E-state index >= 15 is 0 Å². The minimum atomic E-state index is -1.79. The van der Waals surface area contributed by atoms with Gasteiger partial charge >= 0.3 is 6.09 Å². The highest BCUT2D eigenvalue weighted by atomic mass is 28.4. The normalized spacial score (nSPS) is 23.7. The Labute approximate surface area is 142 Å². The van der Waals surface area contributed by atoms with Gasteiger partial charge in [0.1, 0.15) is 0 Å². The molecule has 0 aliphatic carbocycles. The van der Waals surface area contributed by atoms with E-state index in [0.717, 1.165) is 19.5 Å². The van der Waals surface area contributed by atoms with Crippen molar-refractivity contribution in [2.24, 2.45) is 5.92 Å². The van der Waals surface area contributed by atoms with Crippen molar-refractivity contribution in [1.29, 1.82) is 0 Å². The minimum Gasteiger partial charge on any atom is -0.465 e. The third-order valence-electron chi connectivity index (χ3n) is 5.15. The topological polar surface area (TPSA) is 61.8 Å². The van der Waals surface area contributed by atoms with Crippen molar-refractivity contribution in [2.75, 3.05) is 19.6 Å². The van der Waals surface area contributed by atoms with Crippen molar-refractivity contribution >= 4 is 14.4 Å². The molecular formula is C17H36N2O3Si. The molecule has 2 unspecified atom stereocenters. The maximum Gasteiger partial charge on any atom is 0.407 e. The first-order valence-electron chi connectivity index (χ1n) is 8.63. The van der Waals surface area contributed by atoms with Crippen molar-refractivity contribution in [3.63, 3.8) is 0 Å². The van der Waals surface area contributed by atoms with Gasteiger partial charge < -0.3 is 19.7 Å². The Morgan fingerprint density at radius 2 is 1.78 bits per heavy atom. The number of rotatable bonds is 4. The van der Waals surface area contributed by atoms with Gasteiger partial charge in [-0.25, -0.2) is 4.79 Å². The number of nitrogens with zero attached hydrogens (tertiary/aromatic N) is 1. The summed E-state index contributed by atoms with van der Waals surface area (Å²) in [5, 5.41) is 13.1. The van der Waals surface area contributed by atoms with Crippen LogP contribution in [0.5, 0.6) is 0 Å². The zero-order valence-corrected chi connectivity index (χ0v) is 17.2. The van der Waals surface area contributed by atoms with Crippen molar-refractivity contribution in [2.45, 2.75) is 77.7 Å². The van der Waals surface area contributed by atoms with Gasteiger partial charge in [-0.2, -0.15) is 0 Å². The fourth-order valence-corrected chi connectivity index (χ4v) is 4.07. The van der Waals surface area contributed by atoms with Gasteiger partial charge in [0.05, 0.1) is 6.10 Å². The Kier molecular flexibility index (Phi) is 6.32. The van der Waals surface area contributed by atoms with E-state index in [9.17, 15) is 9.90 Å². The maximum atomic E-state index is 11.5. The summed E-state index contributed by atoms with van der Waals surface area (Å²) in [5.41, 5.74) is -0.376. The average Bonchev–Trinajstić information content (AvgIpc) is 2.32. The monoisotopic (exact) mass is 344 g/mol. The average molecular weight is 345 g/mol. The SMILES string of the molecule is CC(C)(C)N(CC1CNCC(O[Si](C)(C)C(C)(C)C)C1)C(=O)O. The molecule has 0 saturated carbocycles. The van der Waals surface area contributed by atoms with E-state index in [4.69, 9.17) is 4.43 Å². The molecule has 0 spiro atoms. The van der Waals surface area contributed by atoms with Crippen molar-refractivity contribution in [1.82, 2.24) is 10.2 Å². The van der Waals surface area contributed by atoms with E-state index in [1.165, 1.54) is 0 Å².